The van der Waals surface area contributed by atoms with Crippen LogP contribution in [0.25, 0.3) is 22.3 Å². The number of allylic oxidation sites excluding steroid dienone is 10. The second-order valence-electron chi connectivity index (χ2n) is 31.7. The van der Waals surface area contributed by atoms with Crippen molar-refractivity contribution in [1.82, 2.24) is 0 Å². The van der Waals surface area contributed by atoms with Gasteiger partial charge in [-0.2, -0.15) is 0 Å². The van der Waals surface area contributed by atoms with Gasteiger partial charge in [0.2, 0.25) is 0 Å². The van der Waals surface area contributed by atoms with Crippen LogP contribution in [0.4, 0.5) is 0 Å². The van der Waals surface area contributed by atoms with Crippen LogP contribution in [0.1, 0.15) is 247 Å². The van der Waals surface area contributed by atoms with E-state index in [1.54, 1.807) is 33.4 Å². The Morgan fingerprint density at radius 2 is 0.411 bits per heavy atom. The summed E-state index contributed by atoms with van der Waals surface area (Å²) in [4.78, 5) is 0. The SMILES string of the molecule is CC1=C(C)[CH2][Sn]([CH]2C(c3cc(C(C)(C)C)cc(C(C)(C)C)c3)=CC=C2c2cc(C(C)(C)C)cc(C(C)(C)C)c2)([CH]2C(c3cc(C(C)(C)C)cc(C(C)(C)C)c3)=CC=C2c2cc(C(C)(C)C)cc(C(C)(C)C)c2)[CH2]1. The van der Waals surface area contributed by atoms with Gasteiger partial charge in [0, 0.05) is 0 Å². The van der Waals surface area contributed by atoms with Crippen molar-refractivity contribution < 1.29 is 0 Å². The van der Waals surface area contributed by atoms with E-state index in [0.29, 0.717) is 7.87 Å². The molecule has 0 unspecified atom stereocenters. The molecule has 1 heterocycles. The molecule has 0 saturated heterocycles. The molecule has 0 fully saturated rings. The summed E-state index contributed by atoms with van der Waals surface area (Å²) in [6, 6.07) is 31.0. The fourth-order valence-corrected chi connectivity index (χ4v) is 33.0. The van der Waals surface area contributed by atoms with E-state index in [1.807, 2.05) is 0 Å². The molecule has 0 atom stereocenters. The number of rotatable bonds is 6. The van der Waals surface area contributed by atoms with Crippen molar-refractivity contribution in [3.05, 3.63) is 175 Å². The van der Waals surface area contributed by atoms with E-state index < -0.39 is 18.4 Å². The van der Waals surface area contributed by atoms with E-state index in [-0.39, 0.29) is 43.3 Å². The second kappa shape index (κ2) is 18.8. The molecule has 392 valence electrons. The van der Waals surface area contributed by atoms with Crippen molar-refractivity contribution in [1.29, 1.82) is 0 Å². The number of benzene rings is 4. The van der Waals surface area contributed by atoms with Crippen LogP contribution in [0.2, 0.25) is 16.7 Å². The Balaban J connectivity index is 1.66. The Morgan fingerprint density at radius 3 is 0.548 bits per heavy atom. The van der Waals surface area contributed by atoms with Gasteiger partial charge in [-0.1, -0.05) is 0 Å². The van der Waals surface area contributed by atoms with E-state index in [1.165, 1.54) is 75.6 Å². The van der Waals surface area contributed by atoms with E-state index in [0.717, 1.165) is 0 Å². The fourth-order valence-electron chi connectivity index (χ4n) is 11.9. The minimum absolute atomic E-state index is 0.00439. The molecule has 4 aromatic carbocycles. The van der Waals surface area contributed by atoms with Crippen molar-refractivity contribution in [2.75, 3.05) is 0 Å². The molecule has 0 nitrogen and oxygen atoms in total. The van der Waals surface area contributed by atoms with E-state index in [2.05, 4.69) is 277 Å². The predicted molar refractivity (Wildman–Crippen MR) is 329 cm³/mol. The Hall–Kier alpha value is -3.62. The van der Waals surface area contributed by atoms with Crippen molar-refractivity contribution in [2.24, 2.45) is 0 Å². The normalized spacial score (nSPS) is 17.9. The van der Waals surface area contributed by atoms with Crippen LogP contribution >= 0.6 is 0 Å². The molecule has 7 rings (SSSR count). The number of hydrogen-bond donors (Lipinski definition) is 0. The van der Waals surface area contributed by atoms with Crippen molar-refractivity contribution >= 4 is 40.7 Å². The first kappa shape index (κ1) is 57.1. The molecular formula is C72H100Sn. The fraction of sp³-hybridized carbons (Fsp3) is 0.528. The van der Waals surface area contributed by atoms with Crippen molar-refractivity contribution in [3.8, 4) is 0 Å². The van der Waals surface area contributed by atoms with Crippen LogP contribution in [-0.4, -0.2) is 18.4 Å². The van der Waals surface area contributed by atoms with Crippen molar-refractivity contribution in [2.45, 2.75) is 240 Å². The molecule has 0 spiro atoms. The van der Waals surface area contributed by atoms with Gasteiger partial charge in [-0.05, 0) is 0 Å². The zero-order valence-corrected chi connectivity index (χ0v) is 54.2. The van der Waals surface area contributed by atoms with Gasteiger partial charge in [-0.15, -0.1) is 0 Å². The average molecular weight is 1080 g/mol. The standard InChI is InChI=1S/2C33H45.C6H10.Sn/c2*1-30(2,3)26-16-24(17-27(20-26)31(4,5)6)22-13-14-23(15-22)25-18-28(32(7,8)9)21-29(19-25)33(10,11)12;1-5(2)6(3)4;/h2*13-21H,1-12H3;1,3H2,2,4H3;. The third kappa shape index (κ3) is 11.7. The summed E-state index contributed by atoms with van der Waals surface area (Å²) in [6.45, 7) is 62.8. The van der Waals surface area contributed by atoms with Crippen LogP contribution in [-0.2, 0) is 43.3 Å². The van der Waals surface area contributed by atoms with E-state index in [9.17, 15) is 0 Å². The van der Waals surface area contributed by atoms with Gasteiger partial charge in [0.05, 0.1) is 0 Å². The summed E-state index contributed by atoms with van der Waals surface area (Å²) in [6.07, 6.45) is 10.5. The van der Waals surface area contributed by atoms with Crippen LogP contribution < -0.4 is 0 Å². The molecule has 0 saturated carbocycles. The zero-order chi connectivity index (χ0) is 54.8. The van der Waals surface area contributed by atoms with Crippen molar-refractivity contribution in [3.63, 3.8) is 0 Å². The Kier molecular flexibility index (Phi) is 14.7. The van der Waals surface area contributed by atoms with Gasteiger partial charge < -0.3 is 0 Å². The topological polar surface area (TPSA) is 0 Å². The van der Waals surface area contributed by atoms with Crippen LogP contribution in [0.15, 0.2) is 108 Å². The molecule has 2 aliphatic carbocycles. The average Bonchev–Trinajstić information content (AvgIpc) is 3.97. The van der Waals surface area contributed by atoms with Gasteiger partial charge in [0.15, 0.2) is 0 Å². The molecule has 0 N–H and O–H groups in total. The van der Waals surface area contributed by atoms with Gasteiger partial charge in [0.25, 0.3) is 0 Å². The van der Waals surface area contributed by atoms with E-state index in [4.69, 9.17) is 0 Å². The van der Waals surface area contributed by atoms with Crippen LogP contribution in [0, 0.1) is 0 Å². The molecular weight excluding hydrogens is 984 g/mol. The molecule has 73 heavy (non-hydrogen) atoms. The van der Waals surface area contributed by atoms with Crippen LogP contribution in [0.3, 0.4) is 0 Å². The first-order valence-corrected chi connectivity index (χ1v) is 35.5. The predicted octanol–water partition coefficient (Wildman–Crippen LogP) is 21.3. The Morgan fingerprint density at radius 1 is 0.260 bits per heavy atom. The monoisotopic (exact) mass is 1080 g/mol. The summed E-state index contributed by atoms with van der Waals surface area (Å²) in [5, 5.41) is 0. The second-order valence-corrected chi connectivity index (χ2v) is 44.1. The summed E-state index contributed by atoms with van der Waals surface area (Å²) < 4.78 is 3.05. The summed E-state index contributed by atoms with van der Waals surface area (Å²) in [7, 11) is 0. The molecule has 3 aliphatic rings. The van der Waals surface area contributed by atoms with Gasteiger partial charge in [-0.3, -0.25) is 0 Å². The Labute approximate surface area is 452 Å². The first-order valence-electron chi connectivity index (χ1n) is 28.1. The molecule has 0 bridgehead atoms. The molecule has 0 aromatic heterocycles. The maximum absolute atomic E-state index is 4.00. The molecule has 1 aliphatic heterocycles. The molecule has 0 radical (unpaired) electrons. The summed E-state index contributed by atoms with van der Waals surface area (Å²) in [5.74, 6) is 0. The third-order valence-electron chi connectivity index (χ3n) is 17.2. The minimum atomic E-state index is -4.00. The summed E-state index contributed by atoms with van der Waals surface area (Å²) >= 11 is -4.00. The van der Waals surface area contributed by atoms with Crippen LogP contribution in [0.5, 0.6) is 0 Å². The van der Waals surface area contributed by atoms with E-state index >= 15 is 0 Å². The maximum atomic E-state index is 2.63. The zero-order valence-electron chi connectivity index (χ0n) is 51.3. The molecule has 0 amide bonds. The molecule has 1 heteroatoms. The summed E-state index contributed by atoms with van der Waals surface area (Å²) in [5.41, 5.74) is 26.6. The van der Waals surface area contributed by atoms with Gasteiger partial charge in [-0.25, -0.2) is 0 Å². The third-order valence-corrected chi connectivity index (χ3v) is 34.1. The van der Waals surface area contributed by atoms with Gasteiger partial charge in [0.1, 0.15) is 0 Å². The quantitative estimate of drug-likeness (QED) is 0.133. The molecule has 4 aromatic rings. The Bertz CT molecular complexity index is 2440. The first-order chi connectivity index (χ1) is 33.0. The van der Waals surface area contributed by atoms with Gasteiger partial charge >= 0.3 is 456 Å². The number of hydrogen-bond acceptors (Lipinski definition) is 0.